The molecule has 0 heterocycles. The van der Waals surface area contributed by atoms with Crippen molar-refractivity contribution < 1.29 is 14.7 Å². The van der Waals surface area contributed by atoms with Gasteiger partial charge in [-0.1, -0.05) is 64.7 Å². The van der Waals surface area contributed by atoms with E-state index in [4.69, 9.17) is 5.11 Å². The second-order valence-corrected chi connectivity index (χ2v) is 5.19. The molecule has 118 valence electrons. The van der Waals surface area contributed by atoms with Crippen LogP contribution in [0.15, 0.2) is 0 Å². The van der Waals surface area contributed by atoms with E-state index in [0.717, 1.165) is 12.8 Å². The van der Waals surface area contributed by atoms with Gasteiger partial charge < -0.3 is 15.7 Å². The van der Waals surface area contributed by atoms with Crippen LogP contribution in [0.1, 0.15) is 71.1 Å². The van der Waals surface area contributed by atoms with Gasteiger partial charge in [0.15, 0.2) is 0 Å². The molecule has 2 amide bonds. The van der Waals surface area contributed by atoms with E-state index in [1.54, 1.807) is 0 Å². The van der Waals surface area contributed by atoms with Crippen LogP contribution >= 0.6 is 0 Å². The van der Waals surface area contributed by atoms with Gasteiger partial charge in [-0.3, -0.25) is 4.79 Å². The molecule has 0 bridgehead atoms. The molecule has 20 heavy (non-hydrogen) atoms. The Morgan fingerprint density at radius 1 is 0.800 bits per heavy atom. The number of amides is 2. The van der Waals surface area contributed by atoms with Crippen LogP contribution in [0.3, 0.4) is 0 Å². The van der Waals surface area contributed by atoms with Crippen molar-refractivity contribution in [3.63, 3.8) is 0 Å². The van der Waals surface area contributed by atoms with Gasteiger partial charge in [0, 0.05) is 6.54 Å². The third kappa shape index (κ3) is 14.8. The molecule has 0 fully saturated rings. The van der Waals surface area contributed by atoms with Crippen molar-refractivity contribution >= 4 is 12.0 Å². The maximum Gasteiger partial charge on any atom is 0.405 e. The van der Waals surface area contributed by atoms with Crippen LogP contribution in [0.4, 0.5) is 4.79 Å². The summed E-state index contributed by atoms with van der Waals surface area (Å²) in [6.45, 7) is 2.71. The van der Waals surface area contributed by atoms with E-state index in [2.05, 4.69) is 12.2 Å². The zero-order valence-electron chi connectivity index (χ0n) is 12.7. The maximum absolute atomic E-state index is 11.2. The van der Waals surface area contributed by atoms with Gasteiger partial charge in [-0.25, -0.2) is 4.79 Å². The Morgan fingerprint density at radius 3 is 1.80 bits per heavy atom. The molecule has 0 aromatic rings. The number of hydrogen-bond donors (Lipinski definition) is 3. The van der Waals surface area contributed by atoms with Gasteiger partial charge in [0.05, 0.1) is 6.54 Å². The van der Waals surface area contributed by atoms with Gasteiger partial charge in [0.25, 0.3) is 0 Å². The Kier molecular flexibility index (Phi) is 13.3. The third-order valence-electron chi connectivity index (χ3n) is 3.25. The number of nitrogens with one attached hydrogen (secondary N) is 2. The standard InChI is InChI=1S/C15H30N2O3/c1-2-3-4-5-6-7-8-9-10-11-12-16-14(18)13-17-15(19)20/h17H,2-13H2,1H3,(H,16,18)(H,19,20). The minimum Gasteiger partial charge on any atom is -0.465 e. The van der Waals surface area contributed by atoms with E-state index in [1.165, 1.54) is 51.4 Å². The molecule has 0 aliphatic carbocycles. The third-order valence-corrected chi connectivity index (χ3v) is 3.25. The van der Waals surface area contributed by atoms with Crippen molar-refractivity contribution in [1.82, 2.24) is 10.6 Å². The lowest BCUT2D eigenvalue weighted by atomic mass is 10.1. The highest BCUT2D eigenvalue weighted by atomic mass is 16.4. The van der Waals surface area contributed by atoms with Crippen molar-refractivity contribution in [2.75, 3.05) is 13.1 Å². The number of hydrogen-bond acceptors (Lipinski definition) is 2. The molecule has 0 saturated heterocycles. The summed E-state index contributed by atoms with van der Waals surface area (Å²) in [6, 6.07) is 0. The smallest absolute Gasteiger partial charge is 0.405 e. The highest BCUT2D eigenvalue weighted by molar-refractivity contribution is 5.81. The van der Waals surface area contributed by atoms with Gasteiger partial charge in [-0.15, -0.1) is 0 Å². The van der Waals surface area contributed by atoms with E-state index in [0.29, 0.717) is 6.54 Å². The Balaban J connectivity index is 3.12. The van der Waals surface area contributed by atoms with Crippen LogP contribution in [0.2, 0.25) is 0 Å². The van der Waals surface area contributed by atoms with Crippen LogP contribution in [0, 0.1) is 0 Å². The monoisotopic (exact) mass is 286 g/mol. The van der Waals surface area contributed by atoms with Crippen molar-refractivity contribution in [2.24, 2.45) is 0 Å². The maximum atomic E-state index is 11.2. The van der Waals surface area contributed by atoms with Crippen LogP contribution < -0.4 is 10.6 Å². The van der Waals surface area contributed by atoms with Crippen LogP contribution in [-0.2, 0) is 4.79 Å². The summed E-state index contributed by atoms with van der Waals surface area (Å²) in [5.74, 6) is -0.261. The largest absolute Gasteiger partial charge is 0.465 e. The minimum absolute atomic E-state index is 0.160. The van der Waals surface area contributed by atoms with E-state index >= 15 is 0 Å². The topological polar surface area (TPSA) is 78.4 Å². The van der Waals surface area contributed by atoms with Gasteiger partial charge in [0.2, 0.25) is 5.91 Å². The van der Waals surface area contributed by atoms with Crippen LogP contribution in [-0.4, -0.2) is 30.2 Å². The highest BCUT2D eigenvalue weighted by Gasteiger charge is 2.01. The zero-order valence-corrected chi connectivity index (χ0v) is 12.7. The van der Waals surface area contributed by atoms with Gasteiger partial charge in [-0.2, -0.15) is 0 Å². The minimum atomic E-state index is -1.17. The summed E-state index contributed by atoms with van der Waals surface area (Å²) in [6.07, 6.45) is 11.5. The normalized spacial score (nSPS) is 10.2. The molecule has 0 unspecified atom stereocenters. The Labute approximate surface area is 122 Å². The first kappa shape index (κ1) is 18.7. The van der Waals surface area contributed by atoms with Crippen molar-refractivity contribution in [1.29, 1.82) is 0 Å². The van der Waals surface area contributed by atoms with E-state index in [-0.39, 0.29) is 12.5 Å². The first-order valence-electron chi connectivity index (χ1n) is 7.90. The van der Waals surface area contributed by atoms with Crippen LogP contribution in [0.5, 0.6) is 0 Å². The van der Waals surface area contributed by atoms with Crippen molar-refractivity contribution in [3.05, 3.63) is 0 Å². The summed E-state index contributed by atoms with van der Waals surface area (Å²) < 4.78 is 0. The Morgan fingerprint density at radius 2 is 1.30 bits per heavy atom. The fourth-order valence-corrected chi connectivity index (χ4v) is 2.06. The zero-order chi connectivity index (χ0) is 15.1. The van der Waals surface area contributed by atoms with Crippen LogP contribution in [0.25, 0.3) is 0 Å². The summed E-state index contributed by atoms with van der Waals surface area (Å²) in [4.78, 5) is 21.3. The van der Waals surface area contributed by atoms with Gasteiger partial charge in [-0.05, 0) is 6.42 Å². The van der Waals surface area contributed by atoms with E-state index < -0.39 is 6.09 Å². The predicted molar refractivity (Wildman–Crippen MR) is 80.9 cm³/mol. The van der Waals surface area contributed by atoms with Gasteiger partial charge >= 0.3 is 6.09 Å². The molecule has 0 saturated carbocycles. The number of carbonyl (C=O) groups excluding carboxylic acids is 1. The average Bonchev–Trinajstić information content (AvgIpc) is 2.42. The number of unbranched alkanes of at least 4 members (excludes halogenated alkanes) is 9. The first-order valence-corrected chi connectivity index (χ1v) is 7.90. The molecule has 0 aliphatic heterocycles. The lowest BCUT2D eigenvalue weighted by Gasteiger charge is -2.05. The molecule has 5 nitrogen and oxygen atoms in total. The second-order valence-electron chi connectivity index (χ2n) is 5.19. The molecule has 0 aromatic carbocycles. The molecule has 0 spiro atoms. The summed E-state index contributed by atoms with van der Waals surface area (Å²) in [5.41, 5.74) is 0. The lowest BCUT2D eigenvalue weighted by Crippen LogP contribution is -2.36. The number of carbonyl (C=O) groups is 2. The molecular weight excluding hydrogens is 256 g/mol. The van der Waals surface area contributed by atoms with Gasteiger partial charge in [0.1, 0.15) is 0 Å². The fraction of sp³-hybridized carbons (Fsp3) is 0.867. The molecule has 0 radical (unpaired) electrons. The molecule has 3 N–H and O–H groups in total. The molecule has 0 aliphatic rings. The lowest BCUT2D eigenvalue weighted by molar-refractivity contribution is -0.120. The molecule has 5 heteroatoms. The highest BCUT2D eigenvalue weighted by Crippen LogP contribution is 2.10. The van der Waals surface area contributed by atoms with E-state index in [9.17, 15) is 9.59 Å². The molecule has 0 aromatic heterocycles. The average molecular weight is 286 g/mol. The Bertz CT molecular complexity index is 258. The number of carboxylic acid groups (broad SMARTS) is 1. The summed E-state index contributed by atoms with van der Waals surface area (Å²) in [7, 11) is 0. The van der Waals surface area contributed by atoms with Crippen molar-refractivity contribution in [2.45, 2.75) is 71.1 Å². The second kappa shape index (κ2) is 14.2. The van der Waals surface area contributed by atoms with Crippen molar-refractivity contribution in [3.8, 4) is 0 Å². The Hall–Kier alpha value is -1.26. The first-order chi connectivity index (χ1) is 9.66. The van der Waals surface area contributed by atoms with E-state index in [1.807, 2.05) is 5.32 Å². The summed E-state index contributed by atoms with van der Waals surface area (Å²) >= 11 is 0. The predicted octanol–water partition coefficient (Wildman–Crippen LogP) is 3.29. The summed E-state index contributed by atoms with van der Waals surface area (Å²) in [5, 5.41) is 13.1. The SMILES string of the molecule is CCCCCCCCCCCCNC(=O)CNC(=O)O. The number of rotatable bonds is 13. The molecule has 0 rings (SSSR count). The quantitative estimate of drug-likeness (QED) is 0.455. The molecular formula is C15H30N2O3. The fourth-order valence-electron chi connectivity index (χ4n) is 2.06. The molecule has 0 atom stereocenters.